The second kappa shape index (κ2) is 7.74. The number of hydrogen-bond donors (Lipinski definition) is 0. The molecule has 2 unspecified atom stereocenters. The molecule has 0 bridgehead atoms. The number of benzene rings is 1. The van der Waals surface area contributed by atoms with Crippen molar-refractivity contribution in [1.29, 1.82) is 0 Å². The summed E-state index contributed by atoms with van der Waals surface area (Å²) in [5.74, 6) is -0.374. The molecule has 2 atom stereocenters. The quantitative estimate of drug-likeness (QED) is 0.557. The minimum absolute atomic E-state index is 0.0695. The van der Waals surface area contributed by atoms with E-state index in [1.807, 2.05) is 25.1 Å². The van der Waals surface area contributed by atoms with Gasteiger partial charge in [0.1, 0.15) is 6.10 Å². The summed E-state index contributed by atoms with van der Waals surface area (Å²) in [6.07, 6.45) is 0.994. The van der Waals surface area contributed by atoms with Crippen LogP contribution in [-0.4, -0.2) is 30.1 Å². The summed E-state index contributed by atoms with van der Waals surface area (Å²) in [6, 6.07) is 10.2. The van der Waals surface area contributed by atoms with E-state index >= 15 is 0 Å². The third kappa shape index (κ3) is 4.21. The van der Waals surface area contributed by atoms with Crippen LogP contribution in [-0.2, 0) is 9.53 Å². The molecule has 0 N–H and O–H groups in total. The maximum atomic E-state index is 11.4. The van der Waals surface area contributed by atoms with Crippen LogP contribution in [0.3, 0.4) is 0 Å². The molecule has 1 rings (SSSR count). The minimum atomic E-state index is -0.374. The van der Waals surface area contributed by atoms with Gasteiger partial charge in [0.2, 0.25) is 0 Å². The Morgan fingerprint density at radius 2 is 1.89 bits per heavy atom. The number of nitrogens with zero attached hydrogens (tertiary/aromatic N) is 1. The van der Waals surface area contributed by atoms with Crippen molar-refractivity contribution in [2.75, 3.05) is 13.1 Å². The lowest BCUT2D eigenvalue weighted by Crippen LogP contribution is -2.37. The first-order valence-corrected chi connectivity index (χ1v) is 6.76. The van der Waals surface area contributed by atoms with Crippen molar-refractivity contribution < 1.29 is 9.53 Å². The summed E-state index contributed by atoms with van der Waals surface area (Å²) in [5, 5.41) is 0. The monoisotopic (exact) mass is 261 g/mol. The van der Waals surface area contributed by atoms with Crippen molar-refractivity contribution in [2.24, 2.45) is 0 Å². The highest BCUT2D eigenvalue weighted by Gasteiger charge is 2.26. The van der Waals surface area contributed by atoms with Crippen LogP contribution in [0.15, 0.2) is 43.0 Å². The molecule has 0 aliphatic carbocycles. The highest BCUT2D eigenvalue weighted by atomic mass is 16.5. The second-order valence-electron chi connectivity index (χ2n) is 4.42. The second-order valence-corrected chi connectivity index (χ2v) is 4.42. The topological polar surface area (TPSA) is 29.5 Å². The molecule has 0 fully saturated rings. The molecule has 1 aromatic rings. The highest BCUT2D eigenvalue weighted by Crippen LogP contribution is 2.26. The lowest BCUT2D eigenvalue weighted by molar-refractivity contribution is -0.145. The van der Waals surface area contributed by atoms with E-state index in [1.165, 1.54) is 6.08 Å². The van der Waals surface area contributed by atoms with Crippen molar-refractivity contribution in [2.45, 2.75) is 32.9 Å². The maximum absolute atomic E-state index is 11.4. The third-order valence-corrected chi connectivity index (χ3v) is 3.26. The molecule has 3 nitrogen and oxygen atoms in total. The molecule has 0 aromatic heterocycles. The van der Waals surface area contributed by atoms with Gasteiger partial charge in [0.15, 0.2) is 0 Å². The zero-order chi connectivity index (χ0) is 14.3. The molecule has 3 heteroatoms. The zero-order valence-electron chi connectivity index (χ0n) is 12.0. The molecule has 0 amide bonds. The summed E-state index contributed by atoms with van der Waals surface area (Å²) < 4.78 is 5.40. The average Bonchev–Trinajstić information content (AvgIpc) is 2.45. The predicted molar refractivity (Wildman–Crippen MR) is 77.9 cm³/mol. The fraction of sp³-hybridized carbons (Fsp3) is 0.438. The van der Waals surface area contributed by atoms with Crippen LogP contribution >= 0.6 is 0 Å². The molecule has 0 aliphatic heterocycles. The number of carbonyl (C=O) groups is 1. The van der Waals surface area contributed by atoms with E-state index in [0.29, 0.717) is 0 Å². The predicted octanol–water partition coefficient (Wildman–Crippen LogP) is 3.19. The normalized spacial score (nSPS) is 13.9. The molecular formula is C16H23NO2. The zero-order valence-corrected chi connectivity index (χ0v) is 12.0. The van der Waals surface area contributed by atoms with Crippen LogP contribution in [0.25, 0.3) is 0 Å². The fourth-order valence-electron chi connectivity index (χ4n) is 2.34. The molecule has 104 valence electrons. The highest BCUT2D eigenvalue weighted by molar-refractivity contribution is 5.81. The Labute approximate surface area is 115 Å². The summed E-state index contributed by atoms with van der Waals surface area (Å²) in [6.45, 7) is 11.4. The van der Waals surface area contributed by atoms with Gasteiger partial charge in [-0.1, -0.05) is 50.8 Å². The maximum Gasteiger partial charge on any atom is 0.330 e. The van der Waals surface area contributed by atoms with Crippen molar-refractivity contribution in [3.63, 3.8) is 0 Å². The van der Waals surface area contributed by atoms with Gasteiger partial charge in [-0.2, -0.15) is 0 Å². The standard InChI is InChI=1S/C16H23NO2/c1-5-15(18)19-13(4)16(17(6-2)7-3)14-11-9-8-10-12-14/h5,8-13,16H,1,6-7H2,2-4H3. The summed E-state index contributed by atoms with van der Waals surface area (Å²) >= 11 is 0. The van der Waals surface area contributed by atoms with Gasteiger partial charge in [0, 0.05) is 6.08 Å². The van der Waals surface area contributed by atoms with E-state index < -0.39 is 0 Å². The number of likely N-dealkylation sites (N-methyl/N-ethyl adjacent to an activating group) is 1. The van der Waals surface area contributed by atoms with Gasteiger partial charge in [-0.05, 0) is 25.6 Å². The lowest BCUT2D eigenvalue weighted by Gasteiger charge is -2.34. The van der Waals surface area contributed by atoms with Gasteiger partial charge in [-0.25, -0.2) is 4.79 Å². The van der Waals surface area contributed by atoms with E-state index in [4.69, 9.17) is 4.74 Å². The van der Waals surface area contributed by atoms with E-state index in [9.17, 15) is 4.79 Å². The number of rotatable bonds is 7. The van der Waals surface area contributed by atoms with E-state index in [0.717, 1.165) is 18.7 Å². The van der Waals surface area contributed by atoms with E-state index in [1.54, 1.807) is 0 Å². The molecule has 0 saturated heterocycles. The SMILES string of the molecule is C=CC(=O)OC(C)C(c1ccccc1)N(CC)CC. The summed E-state index contributed by atoms with van der Waals surface area (Å²) in [5.41, 5.74) is 1.16. The van der Waals surface area contributed by atoms with Crippen molar-refractivity contribution in [3.8, 4) is 0 Å². The molecule has 0 radical (unpaired) electrons. The Balaban J connectivity index is 2.98. The van der Waals surface area contributed by atoms with E-state index in [2.05, 4.69) is 37.5 Å². The molecule has 1 aromatic carbocycles. The Kier molecular flexibility index (Phi) is 6.30. The van der Waals surface area contributed by atoms with Crippen molar-refractivity contribution in [1.82, 2.24) is 4.90 Å². The van der Waals surface area contributed by atoms with Gasteiger partial charge < -0.3 is 4.74 Å². The first-order chi connectivity index (χ1) is 9.13. The Morgan fingerprint density at radius 1 is 1.32 bits per heavy atom. The molecule has 0 heterocycles. The largest absolute Gasteiger partial charge is 0.457 e. The summed E-state index contributed by atoms with van der Waals surface area (Å²) in [4.78, 5) is 13.7. The van der Waals surface area contributed by atoms with Crippen LogP contribution in [0.2, 0.25) is 0 Å². The number of ether oxygens (including phenoxy) is 1. The minimum Gasteiger partial charge on any atom is -0.457 e. The van der Waals surface area contributed by atoms with Crippen molar-refractivity contribution >= 4 is 5.97 Å². The third-order valence-electron chi connectivity index (χ3n) is 3.26. The Bertz CT molecular complexity index is 398. The molecule has 19 heavy (non-hydrogen) atoms. The van der Waals surface area contributed by atoms with Gasteiger partial charge in [0.05, 0.1) is 6.04 Å². The van der Waals surface area contributed by atoms with Crippen LogP contribution in [0.5, 0.6) is 0 Å². The number of hydrogen-bond acceptors (Lipinski definition) is 3. The lowest BCUT2D eigenvalue weighted by atomic mass is 10.0. The average molecular weight is 261 g/mol. The number of carbonyl (C=O) groups excluding carboxylic acids is 1. The van der Waals surface area contributed by atoms with Crippen LogP contribution in [0, 0.1) is 0 Å². The van der Waals surface area contributed by atoms with Crippen LogP contribution in [0.4, 0.5) is 0 Å². The van der Waals surface area contributed by atoms with Gasteiger partial charge >= 0.3 is 5.97 Å². The van der Waals surface area contributed by atoms with Gasteiger partial charge in [-0.3, -0.25) is 4.90 Å². The number of esters is 1. The first kappa shape index (κ1) is 15.4. The molecular weight excluding hydrogens is 238 g/mol. The van der Waals surface area contributed by atoms with Gasteiger partial charge in [-0.15, -0.1) is 0 Å². The molecule has 0 aliphatic rings. The first-order valence-electron chi connectivity index (χ1n) is 6.76. The van der Waals surface area contributed by atoms with Crippen LogP contribution < -0.4 is 0 Å². The Hall–Kier alpha value is -1.61. The van der Waals surface area contributed by atoms with Crippen LogP contribution in [0.1, 0.15) is 32.4 Å². The smallest absolute Gasteiger partial charge is 0.330 e. The summed E-state index contributed by atoms with van der Waals surface area (Å²) in [7, 11) is 0. The fourth-order valence-corrected chi connectivity index (χ4v) is 2.34. The Morgan fingerprint density at radius 3 is 2.37 bits per heavy atom. The molecule has 0 spiro atoms. The van der Waals surface area contributed by atoms with E-state index in [-0.39, 0.29) is 18.1 Å². The molecule has 0 saturated carbocycles. The van der Waals surface area contributed by atoms with Crippen molar-refractivity contribution in [3.05, 3.63) is 48.6 Å². The van der Waals surface area contributed by atoms with Gasteiger partial charge in [0.25, 0.3) is 0 Å².